The predicted octanol–water partition coefficient (Wildman–Crippen LogP) is 4.79. The summed E-state index contributed by atoms with van der Waals surface area (Å²) in [7, 11) is 0. The van der Waals surface area contributed by atoms with Crippen molar-refractivity contribution < 1.29 is 0 Å². The van der Waals surface area contributed by atoms with E-state index in [0.717, 1.165) is 10.6 Å². The van der Waals surface area contributed by atoms with Crippen LogP contribution in [-0.2, 0) is 0 Å². The van der Waals surface area contributed by atoms with Crippen LogP contribution < -0.4 is 0 Å². The Labute approximate surface area is 119 Å². The van der Waals surface area contributed by atoms with Crippen molar-refractivity contribution in [2.45, 2.75) is 39.5 Å². The van der Waals surface area contributed by atoms with E-state index < -0.39 is 0 Å². The zero-order valence-corrected chi connectivity index (χ0v) is 12.7. The summed E-state index contributed by atoms with van der Waals surface area (Å²) in [6.45, 7) is 8.75. The molecule has 19 heavy (non-hydrogen) atoms. The molecule has 1 aromatic heterocycles. The molecule has 1 aromatic carbocycles. The maximum atomic E-state index is 4.34. The standard InChI is InChI=1S/C17H19NS/c1-12(2)15-8-5-14(6-9-15)7-10-17-18-11-16(19-17)13(3)4/h5-6,8-9,11-13H,1-4H3. The lowest BCUT2D eigenvalue weighted by Gasteiger charge is -2.03. The van der Waals surface area contributed by atoms with Crippen molar-refractivity contribution in [1.82, 2.24) is 4.98 Å². The van der Waals surface area contributed by atoms with Gasteiger partial charge in [-0.2, -0.15) is 0 Å². The Morgan fingerprint density at radius 2 is 1.63 bits per heavy atom. The largest absolute Gasteiger partial charge is 0.236 e. The topological polar surface area (TPSA) is 12.9 Å². The molecule has 1 nitrogen and oxygen atoms in total. The summed E-state index contributed by atoms with van der Waals surface area (Å²) in [6.07, 6.45) is 1.93. The molecule has 2 heteroatoms. The van der Waals surface area contributed by atoms with Crippen LogP contribution in [0.5, 0.6) is 0 Å². The van der Waals surface area contributed by atoms with Crippen LogP contribution in [0.4, 0.5) is 0 Å². The van der Waals surface area contributed by atoms with Gasteiger partial charge in [0.25, 0.3) is 0 Å². The first-order valence-corrected chi connectivity index (χ1v) is 7.45. The third kappa shape index (κ3) is 3.68. The van der Waals surface area contributed by atoms with Gasteiger partial charge in [0.1, 0.15) is 0 Å². The summed E-state index contributed by atoms with van der Waals surface area (Å²) >= 11 is 1.68. The first kappa shape index (κ1) is 13.8. The molecule has 1 heterocycles. The van der Waals surface area contributed by atoms with Crippen molar-refractivity contribution in [2.24, 2.45) is 0 Å². The quantitative estimate of drug-likeness (QED) is 0.714. The molecular weight excluding hydrogens is 250 g/mol. The van der Waals surface area contributed by atoms with Crippen LogP contribution in [0.3, 0.4) is 0 Å². The monoisotopic (exact) mass is 269 g/mol. The zero-order valence-electron chi connectivity index (χ0n) is 11.9. The van der Waals surface area contributed by atoms with Gasteiger partial charge >= 0.3 is 0 Å². The van der Waals surface area contributed by atoms with Crippen LogP contribution in [0, 0.1) is 11.8 Å². The Morgan fingerprint density at radius 3 is 2.16 bits per heavy atom. The maximum absolute atomic E-state index is 4.34. The molecule has 0 saturated heterocycles. The van der Waals surface area contributed by atoms with E-state index >= 15 is 0 Å². The van der Waals surface area contributed by atoms with Gasteiger partial charge in [-0.1, -0.05) is 45.7 Å². The Morgan fingerprint density at radius 1 is 0.947 bits per heavy atom. The third-order valence-electron chi connectivity index (χ3n) is 2.98. The number of hydrogen-bond donors (Lipinski definition) is 0. The molecule has 0 spiro atoms. The normalized spacial score (nSPS) is 10.6. The van der Waals surface area contributed by atoms with Gasteiger partial charge in [-0.15, -0.1) is 11.3 Å². The molecule has 0 aliphatic rings. The molecule has 2 rings (SSSR count). The molecule has 0 fully saturated rings. The molecule has 0 saturated carbocycles. The summed E-state index contributed by atoms with van der Waals surface area (Å²) < 4.78 is 0. The van der Waals surface area contributed by atoms with Crippen molar-refractivity contribution in [1.29, 1.82) is 0 Å². The highest BCUT2D eigenvalue weighted by Crippen LogP contribution is 2.21. The Kier molecular flexibility index (Phi) is 4.39. The molecule has 0 N–H and O–H groups in total. The highest BCUT2D eigenvalue weighted by Gasteiger charge is 2.03. The molecule has 0 amide bonds. The molecule has 0 radical (unpaired) electrons. The summed E-state index contributed by atoms with van der Waals surface area (Å²) in [4.78, 5) is 5.63. The molecule has 0 atom stereocenters. The molecular formula is C17H19NS. The molecule has 0 unspecified atom stereocenters. The zero-order chi connectivity index (χ0) is 13.8. The summed E-state index contributed by atoms with van der Waals surface area (Å²) in [6, 6.07) is 8.46. The van der Waals surface area contributed by atoms with Gasteiger partial charge in [0.15, 0.2) is 5.01 Å². The maximum Gasteiger partial charge on any atom is 0.167 e. The van der Waals surface area contributed by atoms with E-state index in [-0.39, 0.29) is 0 Å². The fourth-order valence-corrected chi connectivity index (χ4v) is 2.46. The van der Waals surface area contributed by atoms with E-state index in [1.807, 2.05) is 6.20 Å². The number of thiazole rings is 1. The van der Waals surface area contributed by atoms with Crippen molar-refractivity contribution in [3.05, 3.63) is 51.5 Å². The lowest BCUT2D eigenvalue weighted by atomic mass is 10.0. The fraction of sp³-hybridized carbons (Fsp3) is 0.353. The summed E-state index contributed by atoms with van der Waals surface area (Å²) in [5.41, 5.74) is 2.40. The first-order valence-electron chi connectivity index (χ1n) is 6.64. The lowest BCUT2D eigenvalue weighted by Crippen LogP contribution is -1.86. The smallest absolute Gasteiger partial charge is 0.167 e. The second-order valence-electron chi connectivity index (χ2n) is 5.25. The van der Waals surface area contributed by atoms with Crippen molar-refractivity contribution >= 4 is 11.3 Å². The Bertz CT molecular complexity index is 594. The lowest BCUT2D eigenvalue weighted by molar-refractivity contribution is 0.866. The van der Waals surface area contributed by atoms with Crippen LogP contribution in [-0.4, -0.2) is 4.98 Å². The second kappa shape index (κ2) is 6.04. The van der Waals surface area contributed by atoms with E-state index in [4.69, 9.17) is 0 Å². The van der Waals surface area contributed by atoms with Crippen LogP contribution in [0.2, 0.25) is 0 Å². The van der Waals surface area contributed by atoms with Gasteiger partial charge in [-0.05, 0) is 35.5 Å². The van der Waals surface area contributed by atoms with Crippen LogP contribution in [0.15, 0.2) is 30.5 Å². The van der Waals surface area contributed by atoms with Gasteiger partial charge in [0, 0.05) is 16.6 Å². The Balaban J connectivity index is 2.14. The SMILES string of the molecule is CC(C)c1ccc(C#Cc2ncc(C(C)C)s2)cc1. The Hall–Kier alpha value is -1.59. The van der Waals surface area contributed by atoms with Crippen LogP contribution >= 0.6 is 11.3 Å². The highest BCUT2D eigenvalue weighted by molar-refractivity contribution is 7.12. The molecule has 0 aliphatic heterocycles. The van der Waals surface area contributed by atoms with E-state index in [0.29, 0.717) is 11.8 Å². The van der Waals surface area contributed by atoms with Crippen LogP contribution in [0.1, 0.15) is 60.5 Å². The van der Waals surface area contributed by atoms with Gasteiger partial charge < -0.3 is 0 Å². The summed E-state index contributed by atoms with van der Waals surface area (Å²) in [5.74, 6) is 7.41. The van der Waals surface area contributed by atoms with Crippen molar-refractivity contribution in [2.75, 3.05) is 0 Å². The second-order valence-corrected chi connectivity index (χ2v) is 6.31. The molecule has 2 aromatic rings. The predicted molar refractivity (Wildman–Crippen MR) is 82.7 cm³/mol. The van der Waals surface area contributed by atoms with E-state index in [2.05, 4.69) is 68.8 Å². The number of rotatable bonds is 2. The van der Waals surface area contributed by atoms with Gasteiger partial charge in [-0.25, -0.2) is 4.98 Å². The minimum absolute atomic E-state index is 0.526. The average molecular weight is 269 g/mol. The van der Waals surface area contributed by atoms with Gasteiger partial charge in [0.05, 0.1) is 0 Å². The highest BCUT2D eigenvalue weighted by atomic mass is 32.1. The number of aromatic nitrogens is 1. The third-order valence-corrected chi connectivity index (χ3v) is 4.20. The van der Waals surface area contributed by atoms with Gasteiger partial charge in [0.2, 0.25) is 0 Å². The van der Waals surface area contributed by atoms with Crippen molar-refractivity contribution in [3.8, 4) is 11.8 Å². The molecule has 0 aliphatic carbocycles. The number of nitrogens with zero attached hydrogens (tertiary/aromatic N) is 1. The summed E-state index contributed by atoms with van der Waals surface area (Å²) in [5, 5.41) is 0.900. The van der Waals surface area contributed by atoms with E-state index in [1.165, 1.54) is 10.4 Å². The minimum Gasteiger partial charge on any atom is -0.236 e. The van der Waals surface area contributed by atoms with Gasteiger partial charge in [-0.3, -0.25) is 0 Å². The molecule has 98 valence electrons. The van der Waals surface area contributed by atoms with Crippen LogP contribution in [0.25, 0.3) is 0 Å². The minimum atomic E-state index is 0.526. The molecule has 0 bridgehead atoms. The number of benzene rings is 1. The van der Waals surface area contributed by atoms with E-state index in [9.17, 15) is 0 Å². The van der Waals surface area contributed by atoms with Crippen molar-refractivity contribution in [3.63, 3.8) is 0 Å². The average Bonchev–Trinajstić information content (AvgIpc) is 2.86. The number of hydrogen-bond acceptors (Lipinski definition) is 2. The van der Waals surface area contributed by atoms with E-state index in [1.54, 1.807) is 11.3 Å². The fourth-order valence-electron chi connectivity index (χ4n) is 1.69. The first-order chi connectivity index (χ1) is 9.06.